The molecule has 0 unspecified atom stereocenters. The fourth-order valence-electron chi connectivity index (χ4n) is 3.65. The highest BCUT2D eigenvalue weighted by atomic mass is 35.5. The first-order valence-corrected chi connectivity index (χ1v) is 9.62. The normalized spacial score (nSPS) is 20.2. The van der Waals surface area contributed by atoms with Crippen LogP contribution in [0.4, 0.5) is 10.5 Å². The lowest BCUT2D eigenvalue weighted by Gasteiger charge is -2.40. The van der Waals surface area contributed by atoms with Gasteiger partial charge in [-0.05, 0) is 37.5 Å². The fraction of sp³-hybridized carbons (Fsp3) is 0.579. The van der Waals surface area contributed by atoms with E-state index < -0.39 is 5.60 Å². The number of anilines is 1. The molecule has 3 amide bonds. The molecule has 2 aliphatic rings. The third-order valence-electron chi connectivity index (χ3n) is 5.13. The van der Waals surface area contributed by atoms with Crippen LogP contribution >= 0.6 is 11.6 Å². The average Bonchev–Trinajstić information content (AvgIpc) is 2.75. The van der Waals surface area contributed by atoms with Gasteiger partial charge in [-0.2, -0.15) is 0 Å². The zero-order valence-corrected chi connectivity index (χ0v) is 15.9. The molecule has 2 heterocycles. The minimum Gasteiger partial charge on any atom is -0.372 e. The Morgan fingerprint density at radius 2 is 2.08 bits per heavy atom. The third kappa shape index (κ3) is 4.48. The van der Waals surface area contributed by atoms with Gasteiger partial charge < -0.3 is 19.9 Å². The molecule has 142 valence electrons. The van der Waals surface area contributed by atoms with Gasteiger partial charge in [0, 0.05) is 36.9 Å². The Hall–Kier alpha value is -1.79. The number of carbonyl (C=O) groups is 2. The second-order valence-corrected chi connectivity index (χ2v) is 7.45. The number of hydrogen-bond donors (Lipinski definition) is 1. The molecule has 0 bridgehead atoms. The SMILES string of the molecule is CCCN1CCOC2(CCN(C(=O)Nc3cccc(Cl)c3)CC2)CC1=O. The summed E-state index contributed by atoms with van der Waals surface area (Å²) in [5.74, 6) is 0.168. The maximum Gasteiger partial charge on any atom is 0.321 e. The molecule has 6 nitrogen and oxygen atoms in total. The lowest BCUT2D eigenvalue weighted by Crippen LogP contribution is -2.50. The van der Waals surface area contributed by atoms with Crippen molar-refractivity contribution in [3.63, 3.8) is 0 Å². The van der Waals surface area contributed by atoms with Gasteiger partial charge in [0.15, 0.2) is 0 Å². The summed E-state index contributed by atoms with van der Waals surface area (Å²) in [4.78, 5) is 28.7. The van der Waals surface area contributed by atoms with Gasteiger partial charge in [0.2, 0.25) is 5.91 Å². The first-order chi connectivity index (χ1) is 12.5. The van der Waals surface area contributed by atoms with E-state index in [-0.39, 0.29) is 11.9 Å². The molecule has 0 radical (unpaired) electrons. The Labute approximate surface area is 159 Å². The molecular weight excluding hydrogens is 354 g/mol. The molecule has 1 N–H and O–H groups in total. The number of urea groups is 1. The van der Waals surface area contributed by atoms with Crippen LogP contribution in [0.2, 0.25) is 5.02 Å². The van der Waals surface area contributed by atoms with Crippen molar-refractivity contribution in [2.24, 2.45) is 0 Å². The van der Waals surface area contributed by atoms with E-state index in [9.17, 15) is 9.59 Å². The summed E-state index contributed by atoms with van der Waals surface area (Å²) in [6, 6.07) is 6.96. The van der Waals surface area contributed by atoms with Crippen LogP contribution in [0, 0.1) is 0 Å². The van der Waals surface area contributed by atoms with E-state index in [1.807, 2.05) is 11.0 Å². The number of carbonyl (C=O) groups excluding carboxylic acids is 2. The van der Waals surface area contributed by atoms with Gasteiger partial charge in [-0.3, -0.25) is 4.79 Å². The van der Waals surface area contributed by atoms with Gasteiger partial charge in [0.05, 0.1) is 18.6 Å². The van der Waals surface area contributed by atoms with E-state index in [2.05, 4.69) is 12.2 Å². The van der Waals surface area contributed by atoms with Gasteiger partial charge >= 0.3 is 6.03 Å². The van der Waals surface area contributed by atoms with Crippen LogP contribution in [0.3, 0.4) is 0 Å². The van der Waals surface area contributed by atoms with Crippen LogP contribution in [0.5, 0.6) is 0 Å². The van der Waals surface area contributed by atoms with Crippen molar-refractivity contribution in [3.8, 4) is 0 Å². The Morgan fingerprint density at radius 1 is 1.31 bits per heavy atom. The molecule has 2 aliphatic heterocycles. The van der Waals surface area contributed by atoms with Crippen LogP contribution in [0.15, 0.2) is 24.3 Å². The highest BCUT2D eigenvalue weighted by Gasteiger charge is 2.41. The first kappa shape index (κ1) is 19.0. The number of likely N-dealkylation sites (tertiary alicyclic amines) is 1. The molecule has 1 aromatic carbocycles. The maximum absolute atomic E-state index is 12.5. The van der Waals surface area contributed by atoms with Crippen LogP contribution in [-0.4, -0.2) is 60.1 Å². The maximum atomic E-state index is 12.5. The molecule has 0 aromatic heterocycles. The minimum absolute atomic E-state index is 0.144. The van der Waals surface area contributed by atoms with E-state index in [1.165, 1.54) is 0 Å². The first-order valence-electron chi connectivity index (χ1n) is 9.24. The smallest absolute Gasteiger partial charge is 0.321 e. The zero-order valence-electron chi connectivity index (χ0n) is 15.2. The second-order valence-electron chi connectivity index (χ2n) is 7.02. The number of rotatable bonds is 3. The number of amides is 3. The van der Waals surface area contributed by atoms with Gasteiger partial charge in [0.1, 0.15) is 0 Å². The highest BCUT2D eigenvalue weighted by Crippen LogP contribution is 2.32. The Kier molecular flexibility index (Phi) is 6.04. The van der Waals surface area contributed by atoms with Crippen LogP contribution in [-0.2, 0) is 9.53 Å². The molecule has 7 heteroatoms. The van der Waals surface area contributed by atoms with Gasteiger partial charge in [0.25, 0.3) is 0 Å². The molecule has 2 saturated heterocycles. The van der Waals surface area contributed by atoms with E-state index in [4.69, 9.17) is 16.3 Å². The van der Waals surface area contributed by atoms with Crippen LogP contribution < -0.4 is 5.32 Å². The van der Waals surface area contributed by atoms with Gasteiger partial charge in [-0.25, -0.2) is 4.79 Å². The summed E-state index contributed by atoms with van der Waals surface area (Å²) in [6.07, 6.45) is 2.73. The molecule has 0 atom stereocenters. The molecule has 26 heavy (non-hydrogen) atoms. The number of ether oxygens (including phenoxy) is 1. The van der Waals surface area contributed by atoms with Crippen molar-refractivity contribution in [1.29, 1.82) is 0 Å². The lowest BCUT2D eigenvalue weighted by atomic mass is 9.87. The second kappa shape index (κ2) is 8.27. The topological polar surface area (TPSA) is 61.9 Å². The van der Waals surface area contributed by atoms with Crippen molar-refractivity contribution >= 4 is 29.2 Å². The minimum atomic E-state index is -0.424. The quantitative estimate of drug-likeness (QED) is 0.875. The fourth-order valence-corrected chi connectivity index (χ4v) is 3.84. The number of nitrogens with one attached hydrogen (secondary N) is 1. The third-order valence-corrected chi connectivity index (χ3v) is 5.36. The summed E-state index contributed by atoms with van der Waals surface area (Å²) in [6.45, 7) is 5.24. The molecule has 0 saturated carbocycles. The van der Waals surface area contributed by atoms with E-state index in [0.29, 0.717) is 56.2 Å². The predicted octanol–water partition coefficient (Wildman–Crippen LogP) is 3.37. The van der Waals surface area contributed by atoms with Crippen LogP contribution in [0.1, 0.15) is 32.6 Å². The van der Waals surface area contributed by atoms with E-state index in [1.54, 1.807) is 23.1 Å². The summed E-state index contributed by atoms with van der Waals surface area (Å²) in [5.41, 5.74) is 0.255. The highest BCUT2D eigenvalue weighted by molar-refractivity contribution is 6.30. The number of hydrogen-bond acceptors (Lipinski definition) is 3. The summed E-state index contributed by atoms with van der Waals surface area (Å²) < 4.78 is 6.10. The van der Waals surface area contributed by atoms with Crippen molar-refractivity contribution < 1.29 is 14.3 Å². The number of halogens is 1. The molecule has 2 fully saturated rings. The van der Waals surface area contributed by atoms with E-state index in [0.717, 1.165) is 13.0 Å². The molecule has 3 rings (SSSR count). The number of piperidine rings is 1. The summed E-state index contributed by atoms with van der Waals surface area (Å²) in [7, 11) is 0. The predicted molar refractivity (Wildman–Crippen MR) is 101 cm³/mol. The van der Waals surface area contributed by atoms with Gasteiger partial charge in [-0.1, -0.05) is 24.6 Å². The van der Waals surface area contributed by atoms with Gasteiger partial charge in [-0.15, -0.1) is 0 Å². The summed E-state index contributed by atoms with van der Waals surface area (Å²) >= 11 is 5.96. The Bertz CT molecular complexity index is 659. The zero-order chi connectivity index (χ0) is 18.6. The number of nitrogens with zero attached hydrogens (tertiary/aromatic N) is 2. The number of benzene rings is 1. The van der Waals surface area contributed by atoms with Crippen molar-refractivity contribution in [3.05, 3.63) is 29.3 Å². The Balaban J connectivity index is 1.56. The van der Waals surface area contributed by atoms with Crippen LogP contribution in [0.25, 0.3) is 0 Å². The molecule has 1 aromatic rings. The molecular formula is C19H26ClN3O3. The standard InChI is InChI=1S/C19H26ClN3O3/c1-2-8-22-11-12-26-19(14-17(22)24)6-9-23(10-7-19)18(25)21-16-5-3-4-15(20)13-16/h3-5,13H,2,6-12,14H2,1H3,(H,21,25). The largest absolute Gasteiger partial charge is 0.372 e. The lowest BCUT2D eigenvalue weighted by molar-refractivity contribution is -0.135. The van der Waals surface area contributed by atoms with E-state index >= 15 is 0 Å². The van der Waals surface area contributed by atoms with Crippen molar-refractivity contribution in [1.82, 2.24) is 9.80 Å². The summed E-state index contributed by atoms with van der Waals surface area (Å²) in [5, 5.41) is 3.46. The Morgan fingerprint density at radius 3 is 2.77 bits per heavy atom. The van der Waals surface area contributed by atoms with Crippen molar-refractivity contribution in [2.45, 2.75) is 38.2 Å². The average molecular weight is 380 g/mol. The molecule has 1 spiro atoms. The van der Waals surface area contributed by atoms with Crippen molar-refractivity contribution in [2.75, 3.05) is 38.1 Å². The molecule has 0 aliphatic carbocycles. The monoisotopic (exact) mass is 379 g/mol.